The van der Waals surface area contributed by atoms with Gasteiger partial charge in [0.25, 0.3) is 0 Å². The summed E-state index contributed by atoms with van der Waals surface area (Å²) in [4.78, 5) is 0. The molecule has 0 aliphatic rings. The monoisotopic (exact) mass is 497 g/mol. The highest BCUT2D eigenvalue weighted by atomic mass is 19.1. The molecule has 0 bridgehead atoms. The van der Waals surface area contributed by atoms with Gasteiger partial charge in [0.15, 0.2) is 0 Å². The summed E-state index contributed by atoms with van der Waals surface area (Å²) < 4.78 is 38.3. The number of benzene rings is 4. The maximum absolute atomic E-state index is 14.3. The van der Waals surface area contributed by atoms with Crippen molar-refractivity contribution in [2.75, 3.05) is 28.4 Å². The number of halogens is 1. The normalized spacial score (nSPS) is 11.0. The van der Waals surface area contributed by atoms with E-state index in [0.717, 1.165) is 50.2 Å². The number of rotatable bonds is 7. The number of aryl methyl sites for hydroxylation is 1. The molecule has 1 heterocycles. The largest absolute Gasteiger partial charge is 0.497 e. The summed E-state index contributed by atoms with van der Waals surface area (Å²) in [7, 11) is 8.52. The van der Waals surface area contributed by atoms with Crippen LogP contribution in [0.4, 0.5) is 4.39 Å². The summed E-state index contributed by atoms with van der Waals surface area (Å²) in [5, 5.41) is 1.03. The van der Waals surface area contributed by atoms with E-state index in [2.05, 4.69) is 16.7 Å². The third kappa shape index (κ3) is 4.47. The highest BCUT2D eigenvalue weighted by Crippen LogP contribution is 2.44. The van der Waals surface area contributed by atoms with Crippen LogP contribution in [-0.4, -0.2) is 33.0 Å². The molecule has 0 saturated heterocycles. The molecule has 188 valence electrons. The first-order valence-electron chi connectivity index (χ1n) is 11.8. The van der Waals surface area contributed by atoms with Crippen LogP contribution in [-0.2, 0) is 7.05 Å². The molecule has 0 amide bonds. The standard InChI is InChI=1S/C31H28FNO4/c1-33-29-11-8-20(21-12-23(32)17-25(13-21)35-3)16-28(29)30(19-6-9-24(34-2)10-7-19)31(33)22-14-26(36-4)18-27(15-22)37-5/h6-18H,1-5H3. The van der Waals surface area contributed by atoms with Gasteiger partial charge in [-0.3, -0.25) is 0 Å². The summed E-state index contributed by atoms with van der Waals surface area (Å²) in [5.41, 5.74) is 6.70. The minimum Gasteiger partial charge on any atom is -0.497 e. The van der Waals surface area contributed by atoms with Crippen LogP contribution in [0, 0.1) is 5.82 Å². The molecule has 0 fully saturated rings. The van der Waals surface area contributed by atoms with E-state index in [-0.39, 0.29) is 5.82 Å². The van der Waals surface area contributed by atoms with Crippen LogP contribution in [0.5, 0.6) is 23.0 Å². The lowest BCUT2D eigenvalue weighted by Crippen LogP contribution is -1.95. The average molecular weight is 498 g/mol. The Morgan fingerprint density at radius 3 is 1.73 bits per heavy atom. The van der Waals surface area contributed by atoms with Crippen LogP contribution in [0.3, 0.4) is 0 Å². The lowest BCUT2D eigenvalue weighted by atomic mass is 9.96. The van der Waals surface area contributed by atoms with Crippen molar-refractivity contribution in [3.63, 3.8) is 0 Å². The predicted octanol–water partition coefficient (Wildman–Crippen LogP) is 7.35. The van der Waals surface area contributed by atoms with Gasteiger partial charge in [0.05, 0.1) is 34.1 Å². The predicted molar refractivity (Wildman–Crippen MR) is 145 cm³/mol. The number of hydrogen-bond acceptors (Lipinski definition) is 4. The molecular weight excluding hydrogens is 469 g/mol. The molecule has 1 aromatic heterocycles. The molecule has 5 rings (SSSR count). The van der Waals surface area contributed by atoms with Gasteiger partial charge in [-0.15, -0.1) is 0 Å². The number of fused-ring (bicyclic) bond motifs is 1. The van der Waals surface area contributed by atoms with Crippen LogP contribution in [0.25, 0.3) is 44.4 Å². The van der Waals surface area contributed by atoms with Crippen molar-refractivity contribution in [3.05, 3.63) is 84.7 Å². The maximum Gasteiger partial charge on any atom is 0.127 e. The zero-order valence-electron chi connectivity index (χ0n) is 21.5. The fraction of sp³-hybridized carbons (Fsp3) is 0.161. The Bertz CT molecular complexity index is 1570. The second kappa shape index (κ2) is 9.90. The number of ether oxygens (including phenoxy) is 4. The first kappa shape index (κ1) is 24.3. The first-order chi connectivity index (χ1) is 17.9. The number of nitrogens with zero attached hydrogens (tertiary/aromatic N) is 1. The lowest BCUT2D eigenvalue weighted by Gasteiger charge is -2.13. The van der Waals surface area contributed by atoms with Crippen molar-refractivity contribution in [2.24, 2.45) is 7.05 Å². The van der Waals surface area contributed by atoms with Crippen LogP contribution in [0.2, 0.25) is 0 Å². The minimum atomic E-state index is -0.345. The molecule has 0 radical (unpaired) electrons. The molecule has 0 aliphatic carbocycles. The third-order valence-electron chi connectivity index (χ3n) is 6.64. The van der Waals surface area contributed by atoms with Gasteiger partial charge in [-0.1, -0.05) is 18.2 Å². The Morgan fingerprint density at radius 2 is 1.11 bits per heavy atom. The SMILES string of the molecule is COc1ccc(-c2c(-c3cc(OC)cc(OC)c3)n(C)c3ccc(-c4cc(F)cc(OC)c4)cc23)cc1. The van der Waals surface area contributed by atoms with E-state index in [1.165, 1.54) is 19.2 Å². The second-order valence-corrected chi connectivity index (χ2v) is 8.72. The number of methoxy groups -OCH3 is 4. The van der Waals surface area contributed by atoms with Crippen LogP contribution in [0.15, 0.2) is 78.9 Å². The van der Waals surface area contributed by atoms with Crippen LogP contribution in [0.1, 0.15) is 0 Å². The number of hydrogen-bond donors (Lipinski definition) is 0. The van der Waals surface area contributed by atoms with Crippen molar-refractivity contribution < 1.29 is 23.3 Å². The minimum absolute atomic E-state index is 0.345. The Hall–Kier alpha value is -4.45. The van der Waals surface area contributed by atoms with Gasteiger partial charge >= 0.3 is 0 Å². The van der Waals surface area contributed by atoms with Gasteiger partial charge in [0, 0.05) is 41.2 Å². The van der Waals surface area contributed by atoms with Crippen molar-refractivity contribution in [1.82, 2.24) is 4.57 Å². The molecule has 6 heteroatoms. The van der Waals surface area contributed by atoms with E-state index in [1.54, 1.807) is 21.3 Å². The second-order valence-electron chi connectivity index (χ2n) is 8.72. The molecule has 0 unspecified atom stereocenters. The van der Waals surface area contributed by atoms with Crippen molar-refractivity contribution in [1.29, 1.82) is 0 Å². The quantitative estimate of drug-likeness (QED) is 0.236. The van der Waals surface area contributed by atoms with Crippen molar-refractivity contribution in [2.45, 2.75) is 0 Å². The fourth-order valence-electron chi connectivity index (χ4n) is 4.80. The summed E-state index contributed by atoms with van der Waals surface area (Å²) in [6.45, 7) is 0. The molecule has 0 saturated carbocycles. The number of aromatic nitrogens is 1. The molecule has 5 aromatic rings. The zero-order valence-corrected chi connectivity index (χ0v) is 21.5. The molecule has 0 N–H and O–H groups in total. The van der Waals surface area contributed by atoms with E-state index in [1.807, 2.05) is 61.6 Å². The van der Waals surface area contributed by atoms with Crippen molar-refractivity contribution in [3.8, 4) is 56.5 Å². The molecule has 4 aromatic carbocycles. The van der Waals surface area contributed by atoms with E-state index >= 15 is 0 Å². The molecule has 0 atom stereocenters. The maximum atomic E-state index is 14.3. The molecule has 5 nitrogen and oxygen atoms in total. The van der Waals surface area contributed by atoms with Crippen LogP contribution < -0.4 is 18.9 Å². The van der Waals surface area contributed by atoms with Gasteiger partial charge in [-0.05, 0) is 65.2 Å². The highest BCUT2D eigenvalue weighted by molar-refractivity contribution is 6.06. The Morgan fingerprint density at radius 1 is 0.541 bits per heavy atom. The summed E-state index contributed by atoms with van der Waals surface area (Å²) >= 11 is 0. The topological polar surface area (TPSA) is 41.9 Å². The highest BCUT2D eigenvalue weighted by Gasteiger charge is 2.21. The van der Waals surface area contributed by atoms with E-state index in [0.29, 0.717) is 17.2 Å². The smallest absolute Gasteiger partial charge is 0.127 e. The summed E-state index contributed by atoms with van der Waals surface area (Å²) in [5.74, 6) is 2.31. The molecule has 37 heavy (non-hydrogen) atoms. The molecule has 0 aliphatic heterocycles. The summed E-state index contributed by atoms with van der Waals surface area (Å²) in [6, 6.07) is 24.8. The third-order valence-corrected chi connectivity index (χ3v) is 6.64. The summed E-state index contributed by atoms with van der Waals surface area (Å²) in [6.07, 6.45) is 0. The van der Waals surface area contributed by atoms with Crippen LogP contribution >= 0.6 is 0 Å². The molecular formula is C31H28FNO4. The average Bonchev–Trinajstić information content (AvgIpc) is 3.23. The lowest BCUT2D eigenvalue weighted by molar-refractivity contribution is 0.394. The first-order valence-corrected chi connectivity index (χ1v) is 11.8. The fourth-order valence-corrected chi connectivity index (χ4v) is 4.80. The van der Waals surface area contributed by atoms with Gasteiger partial charge in [0.1, 0.15) is 28.8 Å². The Kier molecular flexibility index (Phi) is 6.49. The zero-order chi connectivity index (χ0) is 26.1. The van der Waals surface area contributed by atoms with E-state index in [4.69, 9.17) is 18.9 Å². The van der Waals surface area contributed by atoms with Gasteiger partial charge in [-0.2, -0.15) is 0 Å². The van der Waals surface area contributed by atoms with Gasteiger partial charge < -0.3 is 23.5 Å². The van der Waals surface area contributed by atoms with E-state index < -0.39 is 0 Å². The van der Waals surface area contributed by atoms with Crippen molar-refractivity contribution >= 4 is 10.9 Å². The Balaban J connectivity index is 1.82. The van der Waals surface area contributed by atoms with Gasteiger partial charge in [0.2, 0.25) is 0 Å². The van der Waals surface area contributed by atoms with Gasteiger partial charge in [-0.25, -0.2) is 4.39 Å². The molecule has 0 spiro atoms. The van der Waals surface area contributed by atoms with E-state index in [9.17, 15) is 4.39 Å². The Labute approximate surface area is 215 Å².